The molecule has 1 nitrogen and oxygen atoms in total. The molecule has 18 heavy (non-hydrogen) atoms. The molecule has 1 saturated carbocycles. The van der Waals surface area contributed by atoms with E-state index in [1.807, 2.05) is 11.8 Å². The Kier molecular flexibility index (Phi) is 5.58. The highest BCUT2D eigenvalue weighted by Crippen LogP contribution is 2.40. The van der Waals surface area contributed by atoms with Gasteiger partial charge in [0.05, 0.1) is 0 Å². The second-order valence-electron chi connectivity index (χ2n) is 5.11. The predicted molar refractivity (Wildman–Crippen MR) is 85.5 cm³/mol. The molecule has 1 fully saturated rings. The van der Waals surface area contributed by atoms with Gasteiger partial charge in [-0.3, -0.25) is 0 Å². The summed E-state index contributed by atoms with van der Waals surface area (Å²) in [6.07, 6.45) is 2.56. The van der Waals surface area contributed by atoms with Crippen molar-refractivity contribution in [2.24, 2.45) is 0 Å². The van der Waals surface area contributed by atoms with Gasteiger partial charge in [0.2, 0.25) is 0 Å². The van der Waals surface area contributed by atoms with E-state index in [4.69, 9.17) is 0 Å². The van der Waals surface area contributed by atoms with Crippen LogP contribution in [0.15, 0.2) is 28.7 Å². The van der Waals surface area contributed by atoms with Gasteiger partial charge in [0, 0.05) is 22.3 Å². The van der Waals surface area contributed by atoms with Crippen molar-refractivity contribution in [2.45, 2.75) is 44.7 Å². The van der Waals surface area contributed by atoms with Gasteiger partial charge < -0.3 is 5.32 Å². The third-order valence-electron chi connectivity index (χ3n) is 3.58. The van der Waals surface area contributed by atoms with Crippen molar-refractivity contribution in [2.75, 3.05) is 11.5 Å². The fraction of sp³-hybridized carbons (Fsp3) is 0.600. The summed E-state index contributed by atoms with van der Waals surface area (Å²) in [5.74, 6) is 3.19. The molecule has 0 bridgehead atoms. The second-order valence-corrected chi connectivity index (χ2v) is 7.29. The summed E-state index contributed by atoms with van der Waals surface area (Å²) < 4.78 is 1.27. The largest absolute Gasteiger partial charge is 0.311 e. The van der Waals surface area contributed by atoms with Gasteiger partial charge in [-0.25, -0.2) is 0 Å². The number of hydrogen-bond acceptors (Lipinski definition) is 2. The molecule has 2 rings (SSSR count). The number of rotatable bonds is 6. The highest BCUT2D eigenvalue weighted by molar-refractivity contribution is 9.10. The van der Waals surface area contributed by atoms with Crippen LogP contribution in [0.2, 0.25) is 0 Å². The first kappa shape index (κ1) is 14.4. The molecular weight excluding hydrogens is 306 g/mol. The summed E-state index contributed by atoms with van der Waals surface area (Å²) in [6.45, 7) is 4.53. The molecule has 1 N–H and O–H groups in total. The Morgan fingerprint density at radius 3 is 2.78 bits per heavy atom. The molecule has 1 aromatic carbocycles. The standard InChI is InChI=1S/C15H22BrNS/c1-3-18-10-11(2)17-13-8-12(9-13)14-6-4-5-7-15(14)16/h4-7,11-13,17H,3,8-10H2,1-2H3. The predicted octanol–water partition coefficient (Wildman–Crippen LogP) is 4.43. The summed E-state index contributed by atoms with van der Waals surface area (Å²) in [6, 6.07) is 9.99. The van der Waals surface area contributed by atoms with Crippen LogP contribution in [0, 0.1) is 0 Å². The Morgan fingerprint density at radius 1 is 1.39 bits per heavy atom. The summed E-state index contributed by atoms with van der Waals surface area (Å²) >= 11 is 5.68. The Morgan fingerprint density at radius 2 is 2.11 bits per heavy atom. The Balaban J connectivity index is 1.75. The molecule has 0 spiro atoms. The molecule has 0 radical (unpaired) electrons. The van der Waals surface area contributed by atoms with Gasteiger partial charge in [0.25, 0.3) is 0 Å². The topological polar surface area (TPSA) is 12.0 Å². The maximum atomic E-state index is 3.73. The maximum absolute atomic E-state index is 3.73. The van der Waals surface area contributed by atoms with E-state index < -0.39 is 0 Å². The van der Waals surface area contributed by atoms with Crippen molar-refractivity contribution in [1.29, 1.82) is 0 Å². The highest BCUT2D eigenvalue weighted by Gasteiger charge is 2.31. The van der Waals surface area contributed by atoms with Crippen molar-refractivity contribution in [3.63, 3.8) is 0 Å². The van der Waals surface area contributed by atoms with Gasteiger partial charge in [-0.15, -0.1) is 0 Å². The van der Waals surface area contributed by atoms with E-state index in [1.165, 1.54) is 34.4 Å². The number of thioether (sulfide) groups is 1. The van der Waals surface area contributed by atoms with Crippen molar-refractivity contribution >= 4 is 27.7 Å². The quantitative estimate of drug-likeness (QED) is 0.829. The van der Waals surface area contributed by atoms with E-state index in [0.29, 0.717) is 6.04 Å². The molecule has 1 aromatic rings. The molecule has 0 amide bonds. The van der Waals surface area contributed by atoms with Gasteiger partial charge in [-0.2, -0.15) is 11.8 Å². The fourth-order valence-corrected chi connectivity index (χ4v) is 3.85. The second kappa shape index (κ2) is 6.97. The Labute approximate surface area is 123 Å². The van der Waals surface area contributed by atoms with Gasteiger partial charge in [0.1, 0.15) is 0 Å². The van der Waals surface area contributed by atoms with Crippen LogP contribution in [-0.4, -0.2) is 23.6 Å². The summed E-state index contributed by atoms with van der Waals surface area (Å²) in [4.78, 5) is 0. The zero-order valence-electron chi connectivity index (χ0n) is 11.2. The molecule has 0 heterocycles. The van der Waals surface area contributed by atoms with Gasteiger partial charge in [-0.05, 0) is 43.1 Å². The first-order chi connectivity index (χ1) is 8.70. The summed E-state index contributed by atoms with van der Waals surface area (Å²) in [5.41, 5.74) is 1.48. The number of nitrogens with one attached hydrogen (secondary N) is 1. The number of halogens is 1. The first-order valence-corrected chi connectivity index (χ1v) is 8.73. The van der Waals surface area contributed by atoms with Crippen molar-refractivity contribution in [3.8, 4) is 0 Å². The SMILES string of the molecule is CCSCC(C)NC1CC(c2ccccc2Br)C1. The minimum Gasteiger partial charge on any atom is -0.311 e. The van der Waals surface area contributed by atoms with Crippen LogP contribution < -0.4 is 5.32 Å². The van der Waals surface area contributed by atoms with Crippen molar-refractivity contribution in [3.05, 3.63) is 34.3 Å². The molecule has 0 aliphatic heterocycles. The molecule has 1 atom stereocenters. The third-order valence-corrected chi connectivity index (χ3v) is 5.44. The maximum Gasteiger partial charge on any atom is 0.0210 e. The van der Waals surface area contributed by atoms with Crippen molar-refractivity contribution < 1.29 is 0 Å². The third kappa shape index (κ3) is 3.75. The van der Waals surface area contributed by atoms with Crippen LogP contribution in [0.25, 0.3) is 0 Å². The highest BCUT2D eigenvalue weighted by atomic mass is 79.9. The van der Waals surface area contributed by atoms with Crippen LogP contribution in [0.1, 0.15) is 38.2 Å². The number of benzene rings is 1. The normalized spacial score (nSPS) is 24.6. The monoisotopic (exact) mass is 327 g/mol. The minimum absolute atomic E-state index is 0.639. The molecule has 1 aliphatic carbocycles. The molecule has 0 saturated heterocycles. The van der Waals surface area contributed by atoms with Crippen LogP contribution in [0.3, 0.4) is 0 Å². The Bertz CT molecular complexity index is 377. The van der Waals surface area contributed by atoms with E-state index in [-0.39, 0.29) is 0 Å². The van der Waals surface area contributed by atoms with Crippen LogP contribution in [0.4, 0.5) is 0 Å². The smallest absolute Gasteiger partial charge is 0.0210 e. The average molecular weight is 328 g/mol. The van der Waals surface area contributed by atoms with E-state index in [9.17, 15) is 0 Å². The lowest BCUT2D eigenvalue weighted by Crippen LogP contribution is -2.45. The summed E-state index contributed by atoms with van der Waals surface area (Å²) in [7, 11) is 0. The lowest BCUT2D eigenvalue weighted by atomic mass is 9.75. The zero-order valence-corrected chi connectivity index (χ0v) is 13.6. The Hall–Kier alpha value is 0.01000. The zero-order chi connectivity index (χ0) is 13.0. The molecule has 3 heteroatoms. The molecule has 1 aliphatic rings. The first-order valence-electron chi connectivity index (χ1n) is 6.79. The summed E-state index contributed by atoms with van der Waals surface area (Å²) in [5, 5.41) is 3.73. The lowest BCUT2D eigenvalue weighted by molar-refractivity contribution is 0.275. The van der Waals surface area contributed by atoms with Gasteiger partial charge >= 0.3 is 0 Å². The van der Waals surface area contributed by atoms with E-state index in [1.54, 1.807) is 0 Å². The average Bonchev–Trinajstić information content (AvgIpc) is 2.32. The van der Waals surface area contributed by atoms with Gasteiger partial charge in [0.15, 0.2) is 0 Å². The molecule has 1 unspecified atom stereocenters. The lowest BCUT2D eigenvalue weighted by Gasteiger charge is -2.38. The van der Waals surface area contributed by atoms with Crippen LogP contribution >= 0.6 is 27.7 Å². The van der Waals surface area contributed by atoms with Crippen LogP contribution in [0.5, 0.6) is 0 Å². The molecule has 0 aromatic heterocycles. The molecular formula is C15H22BrNS. The van der Waals surface area contributed by atoms with Crippen LogP contribution in [-0.2, 0) is 0 Å². The van der Waals surface area contributed by atoms with E-state index in [2.05, 4.69) is 59.4 Å². The van der Waals surface area contributed by atoms with E-state index in [0.717, 1.165) is 12.0 Å². The minimum atomic E-state index is 0.639. The molecule has 100 valence electrons. The fourth-order valence-electron chi connectivity index (χ4n) is 2.56. The van der Waals surface area contributed by atoms with Gasteiger partial charge in [-0.1, -0.05) is 41.1 Å². The van der Waals surface area contributed by atoms with Crippen molar-refractivity contribution in [1.82, 2.24) is 5.32 Å². The van der Waals surface area contributed by atoms with E-state index >= 15 is 0 Å². The number of hydrogen-bond donors (Lipinski definition) is 1.